The minimum Gasteiger partial charge on any atom is -0.495 e. The number of ether oxygens (including phenoxy) is 1. The molecule has 5 rings (SSSR count). The number of hydrogen-bond acceptors (Lipinski definition) is 2. The second-order valence-corrected chi connectivity index (χ2v) is 8.49. The number of nitrogens with zero attached hydrogens (tertiary/aromatic N) is 1. The molecule has 0 aliphatic carbocycles. The lowest BCUT2D eigenvalue weighted by atomic mass is 10.0. The molecule has 0 unspecified atom stereocenters. The average molecular weight is 456 g/mol. The Morgan fingerprint density at radius 1 is 0.686 bits per heavy atom. The van der Waals surface area contributed by atoms with E-state index in [0.29, 0.717) is 0 Å². The first-order valence-corrected chi connectivity index (χ1v) is 12.1. The summed E-state index contributed by atoms with van der Waals surface area (Å²) >= 11 is 0. The number of fused-ring (bicyclic) bond motifs is 1. The van der Waals surface area contributed by atoms with E-state index in [1.807, 2.05) is 12.1 Å². The summed E-state index contributed by atoms with van der Waals surface area (Å²) in [6, 6.07) is 42.5. The van der Waals surface area contributed by atoms with Gasteiger partial charge in [-0.3, -0.25) is 0 Å². The molecule has 2 nitrogen and oxygen atoms in total. The normalized spacial score (nSPS) is 11.4. The first kappa shape index (κ1) is 22.5. The highest BCUT2D eigenvalue weighted by molar-refractivity contribution is 5.99. The van der Waals surface area contributed by atoms with Crippen molar-refractivity contribution >= 4 is 39.5 Å². The molecule has 0 aliphatic rings. The summed E-state index contributed by atoms with van der Waals surface area (Å²) in [4.78, 5) is 2.28. The highest BCUT2D eigenvalue weighted by Gasteiger charge is 2.18. The molecule has 0 saturated heterocycles. The van der Waals surface area contributed by atoms with E-state index in [2.05, 4.69) is 127 Å². The molecule has 5 aromatic carbocycles. The van der Waals surface area contributed by atoms with Crippen molar-refractivity contribution in [1.82, 2.24) is 0 Å². The van der Waals surface area contributed by atoms with Crippen LogP contribution in [0.15, 0.2) is 121 Å². The molecule has 0 radical (unpaired) electrons. The quantitative estimate of drug-likeness (QED) is 0.227. The number of benzene rings is 5. The second-order valence-electron chi connectivity index (χ2n) is 8.49. The van der Waals surface area contributed by atoms with Gasteiger partial charge in [-0.2, -0.15) is 0 Å². The third-order valence-corrected chi connectivity index (χ3v) is 6.35. The first-order chi connectivity index (χ1) is 17.3. The van der Waals surface area contributed by atoms with Crippen LogP contribution in [0.4, 0.5) is 17.1 Å². The number of rotatable bonds is 7. The van der Waals surface area contributed by atoms with Gasteiger partial charge in [0, 0.05) is 11.1 Å². The van der Waals surface area contributed by atoms with Gasteiger partial charge in [-0.05, 0) is 58.8 Å². The number of methoxy groups -OCH3 is 1. The predicted octanol–water partition coefficient (Wildman–Crippen LogP) is 9.27. The van der Waals surface area contributed by atoms with E-state index in [1.54, 1.807) is 7.11 Å². The Hall–Kier alpha value is -4.30. The van der Waals surface area contributed by atoms with E-state index in [4.69, 9.17) is 4.74 Å². The summed E-state index contributed by atoms with van der Waals surface area (Å²) in [5.41, 5.74) is 7.00. The highest BCUT2D eigenvalue weighted by atomic mass is 16.5. The van der Waals surface area contributed by atoms with E-state index in [-0.39, 0.29) is 0 Å². The van der Waals surface area contributed by atoms with Crippen molar-refractivity contribution in [3.05, 3.63) is 132 Å². The van der Waals surface area contributed by atoms with Crippen molar-refractivity contribution in [2.45, 2.75) is 13.3 Å². The molecule has 5 aromatic rings. The van der Waals surface area contributed by atoms with Gasteiger partial charge in [0.25, 0.3) is 0 Å². The Bertz CT molecular complexity index is 1450. The van der Waals surface area contributed by atoms with Crippen LogP contribution in [-0.4, -0.2) is 7.11 Å². The Morgan fingerprint density at radius 2 is 1.34 bits per heavy atom. The first-order valence-electron chi connectivity index (χ1n) is 12.1. The summed E-state index contributed by atoms with van der Waals surface area (Å²) in [7, 11) is 1.73. The molecule has 0 aromatic heterocycles. The fourth-order valence-electron chi connectivity index (χ4n) is 4.59. The second kappa shape index (κ2) is 10.3. The maximum Gasteiger partial charge on any atom is 0.142 e. The van der Waals surface area contributed by atoms with Gasteiger partial charge in [0.1, 0.15) is 5.75 Å². The van der Waals surface area contributed by atoms with E-state index < -0.39 is 0 Å². The summed E-state index contributed by atoms with van der Waals surface area (Å²) in [5.74, 6) is 0.835. The summed E-state index contributed by atoms with van der Waals surface area (Å²) in [6.45, 7) is 2.21. The van der Waals surface area contributed by atoms with Crippen LogP contribution in [0.2, 0.25) is 0 Å². The molecular formula is C33H29NO. The van der Waals surface area contributed by atoms with Gasteiger partial charge in [0.2, 0.25) is 0 Å². The molecule has 0 fully saturated rings. The van der Waals surface area contributed by atoms with E-state index >= 15 is 0 Å². The molecular weight excluding hydrogens is 426 g/mol. The monoisotopic (exact) mass is 455 g/mol. The Labute approximate surface area is 207 Å². The van der Waals surface area contributed by atoms with Gasteiger partial charge in [0.15, 0.2) is 0 Å². The predicted molar refractivity (Wildman–Crippen MR) is 150 cm³/mol. The van der Waals surface area contributed by atoms with Gasteiger partial charge in [-0.1, -0.05) is 104 Å². The van der Waals surface area contributed by atoms with Gasteiger partial charge < -0.3 is 9.64 Å². The molecule has 0 spiro atoms. The molecule has 0 aliphatic heterocycles. The van der Waals surface area contributed by atoms with Gasteiger partial charge in [-0.25, -0.2) is 0 Å². The molecule has 2 heteroatoms. The lowest BCUT2D eigenvalue weighted by Crippen LogP contribution is -2.11. The number of anilines is 3. The minimum atomic E-state index is 0.835. The largest absolute Gasteiger partial charge is 0.495 e. The van der Waals surface area contributed by atoms with Crippen LogP contribution >= 0.6 is 0 Å². The number of hydrogen-bond donors (Lipinski definition) is 0. The maximum absolute atomic E-state index is 5.77. The van der Waals surface area contributed by atoms with Crippen molar-refractivity contribution < 1.29 is 4.74 Å². The molecule has 0 saturated carbocycles. The van der Waals surface area contributed by atoms with E-state index in [0.717, 1.165) is 29.2 Å². The van der Waals surface area contributed by atoms with Crippen molar-refractivity contribution in [2.24, 2.45) is 0 Å². The van der Waals surface area contributed by atoms with Gasteiger partial charge in [0.05, 0.1) is 18.5 Å². The van der Waals surface area contributed by atoms with Crippen molar-refractivity contribution in [3.8, 4) is 5.75 Å². The topological polar surface area (TPSA) is 12.5 Å². The third-order valence-electron chi connectivity index (χ3n) is 6.35. The highest BCUT2D eigenvalue weighted by Crippen LogP contribution is 2.42. The van der Waals surface area contributed by atoms with Crippen molar-refractivity contribution in [1.29, 1.82) is 0 Å². The lowest BCUT2D eigenvalue weighted by Gasteiger charge is -2.28. The SMILES string of the molecule is CC/C(=C\c1ccc(N(c2ccccc2OC)c2cccc3ccccc23)cc1)c1ccccc1. The Balaban J connectivity index is 1.62. The molecule has 0 N–H and O–H groups in total. The third kappa shape index (κ3) is 4.69. The Morgan fingerprint density at radius 3 is 2.11 bits per heavy atom. The molecule has 172 valence electrons. The smallest absolute Gasteiger partial charge is 0.142 e. The zero-order valence-electron chi connectivity index (χ0n) is 20.2. The molecule has 35 heavy (non-hydrogen) atoms. The van der Waals surface area contributed by atoms with Crippen LogP contribution in [-0.2, 0) is 0 Å². The molecule has 0 atom stereocenters. The van der Waals surface area contributed by atoms with Crippen LogP contribution in [0.5, 0.6) is 5.75 Å². The van der Waals surface area contributed by atoms with E-state index in [1.165, 1.54) is 27.5 Å². The fraction of sp³-hybridized carbons (Fsp3) is 0.0909. The zero-order valence-corrected chi connectivity index (χ0v) is 20.2. The maximum atomic E-state index is 5.77. The zero-order chi connectivity index (χ0) is 24.0. The summed E-state index contributed by atoms with van der Waals surface area (Å²) < 4.78 is 5.77. The van der Waals surface area contributed by atoms with Crippen LogP contribution in [0.3, 0.4) is 0 Å². The van der Waals surface area contributed by atoms with Crippen molar-refractivity contribution in [2.75, 3.05) is 12.0 Å². The fourth-order valence-corrected chi connectivity index (χ4v) is 4.59. The van der Waals surface area contributed by atoms with Crippen LogP contribution in [0.1, 0.15) is 24.5 Å². The molecule has 0 bridgehead atoms. The minimum absolute atomic E-state index is 0.835. The molecule has 0 amide bonds. The summed E-state index contributed by atoms with van der Waals surface area (Å²) in [6.07, 6.45) is 3.26. The summed E-state index contributed by atoms with van der Waals surface area (Å²) in [5, 5.41) is 2.40. The number of allylic oxidation sites excluding steroid dienone is 1. The van der Waals surface area contributed by atoms with E-state index in [9.17, 15) is 0 Å². The van der Waals surface area contributed by atoms with Crippen LogP contribution in [0.25, 0.3) is 22.4 Å². The lowest BCUT2D eigenvalue weighted by molar-refractivity contribution is 0.416. The number of para-hydroxylation sites is 2. The Kier molecular flexibility index (Phi) is 6.63. The average Bonchev–Trinajstić information content (AvgIpc) is 2.93. The molecule has 0 heterocycles. The van der Waals surface area contributed by atoms with Gasteiger partial charge in [-0.15, -0.1) is 0 Å². The van der Waals surface area contributed by atoms with Gasteiger partial charge >= 0.3 is 0 Å². The standard InChI is InChI=1S/C33H29NO/c1-3-26(27-12-5-4-6-13-27)24-25-20-22-29(23-21-25)34(32-17-9-10-19-33(32)35-2)31-18-11-15-28-14-7-8-16-30(28)31/h4-24H,3H2,1-2H3/b26-24+. The van der Waals surface area contributed by atoms with Crippen LogP contribution in [0, 0.1) is 0 Å². The van der Waals surface area contributed by atoms with Crippen molar-refractivity contribution in [3.63, 3.8) is 0 Å². The van der Waals surface area contributed by atoms with Crippen LogP contribution < -0.4 is 9.64 Å².